The summed E-state index contributed by atoms with van der Waals surface area (Å²) in [4.78, 5) is 11.8. The normalized spacial score (nSPS) is 14.0. The van der Waals surface area contributed by atoms with Gasteiger partial charge in [-0.2, -0.15) is 4.37 Å². The Balaban J connectivity index is 2.87. The summed E-state index contributed by atoms with van der Waals surface area (Å²) in [6.07, 6.45) is 1.07. The molecule has 6 heteroatoms. The second-order valence-electron chi connectivity index (χ2n) is 4.31. The largest absolute Gasteiger partial charge is 0.462 e. The number of hydrogen-bond donors (Lipinski definition) is 2. The third-order valence-corrected chi connectivity index (χ3v) is 3.85. The van der Waals surface area contributed by atoms with Gasteiger partial charge >= 0.3 is 5.97 Å². The number of hydrogen-bond acceptors (Lipinski definition) is 6. The minimum Gasteiger partial charge on any atom is -0.462 e. The molecule has 3 N–H and O–H groups in total. The molecule has 0 amide bonds. The zero-order chi connectivity index (χ0) is 13.7. The van der Waals surface area contributed by atoms with Crippen LogP contribution in [0, 0.1) is 5.92 Å². The predicted molar refractivity (Wildman–Crippen MR) is 75.0 cm³/mol. The van der Waals surface area contributed by atoms with Crippen molar-refractivity contribution in [3.8, 4) is 0 Å². The molecule has 0 aliphatic rings. The Morgan fingerprint density at radius 1 is 1.50 bits per heavy atom. The zero-order valence-electron chi connectivity index (χ0n) is 11.3. The highest BCUT2D eigenvalue weighted by atomic mass is 32.1. The van der Waals surface area contributed by atoms with E-state index in [1.807, 2.05) is 0 Å². The summed E-state index contributed by atoms with van der Waals surface area (Å²) in [5, 5.41) is 3.99. The molecule has 0 radical (unpaired) electrons. The van der Waals surface area contributed by atoms with Crippen LogP contribution in [0.2, 0.25) is 0 Å². The van der Waals surface area contributed by atoms with Crippen LogP contribution < -0.4 is 11.1 Å². The molecule has 102 valence electrons. The fourth-order valence-corrected chi connectivity index (χ4v) is 2.30. The Hall–Kier alpha value is -1.30. The third-order valence-electron chi connectivity index (χ3n) is 3.05. The van der Waals surface area contributed by atoms with E-state index in [9.17, 15) is 4.79 Å². The van der Waals surface area contributed by atoms with Gasteiger partial charge in [0.25, 0.3) is 0 Å². The highest BCUT2D eigenvalue weighted by molar-refractivity contribution is 7.11. The molecule has 0 saturated carbocycles. The van der Waals surface area contributed by atoms with E-state index in [-0.39, 0.29) is 11.9 Å². The first-order chi connectivity index (χ1) is 8.51. The van der Waals surface area contributed by atoms with Crippen molar-refractivity contribution < 1.29 is 9.53 Å². The summed E-state index contributed by atoms with van der Waals surface area (Å²) >= 11 is 1.20. The number of rotatable bonds is 6. The van der Waals surface area contributed by atoms with E-state index in [0.29, 0.717) is 23.1 Å². The number of nitrogens with one attached hydrogen (secondary N) is 1. The summed E-state index contributed by atoms with van der Waals surface area (Å²) in [5.41, 5.74) is 6.07. The van der Waals surface area contributed by atoms with Crippen molar-refractivity contribution >= 4 is 28.3 Å². The first-order valence-electron chi connectivity index (χ1n) is 6.20. The molecule has 2 unspecified atom stereocenters. The Labute approximate surface area is 112 Å². The molecule has 0 saturated heterocycles. The maximum atomic E-state index is 11.8. The molecule has 0 bridgehead atoms. The van der Waals surface area contributed by atoms with Gasteiger partial charge in [0.1, 0.15) is 10.6 Å². The van der Waals surface area contributed by atoms with Gasteiger partial charge in [0.05, 0.1) is 6.61 Å². The molecule has 18 heavy (non-hydrogen) atoms. The lowest BCUT2D eigenvalue weighted by Crippen LogP contribution is -2.24. The van der Waals surface area contributed by atoms with Crippen LogP contribution in [-0.4, -0.2) is 23.0 Å². The second kappa shape index (κ2) is 6.58. The number of nitrogens with two attached hydrogens (primary N) is 1. The van der Waals surface area contributed by atoms with Crippen LogP contribution in [0.25, 0.3) is 0 Å². The number of nitrogen functional groups attached to an aromatic ring is 1. The number of carbonyl (C=O) groups is 1. The average Bonchev–Trinajstić information content (AvgIpc) is 2.69. The van der Waals surface area contributed by atoms with E-state index < -0.39 is 5.97 Å². The van der Waals surface area contributed by atoms with E-state index >= 15 is 0 Å². The van der Waals surface area contributed by atoms with Crippen molar-refractivity contribution in [2.24, 2.45) is 5.92 Å². The van der Waals surface area contributed by atoms with Gasteiger partial charge in [0.2, 0.25) is 0 Å². The Morgan fingerprint density at radius 2 is 2.17 bits per heavy atom. The van der Waals surface area contributed by atoms with Crippen LogP contribution in [0.3, 0.4) is 0 Å². The number of nitrogens with zero attached hydrogens (tertiary/aromatic N) is 1. The molecule has 5 nitrogen and oxygen atoms in total. The number of anilines is 2. The van der Waals surface area contributed by atoms with Crippen LogP contribution in [0.5, 0.6) is 0 Å². The molecule has 0 aliphatic heterocycles. The molecule has 1 aromatic heterocycles. The molecule has 1 aromatic rings. The van der Waals surface area contributed by atoms with E-state index in [0.717, 1.165) is 6.42 Å². The summed E-state index contributed by atoms with van der Waals surface area (Å²) in [7, 11) is 0. The maximum Gasteiger partial charge on any atom is 0.344 e. The smallest absolute Gasteiger partial charge is 0.344 e. The first kappa shape index (κ1) is 14.8. The van der Waals surface area contributed by atoms with Crippen LogP contribution >= 0.6 is 11.5 Å². The molecule has 1 rings (SSSR count). The van der Waals surface area contributed by atoms with Crippen LogP contribution in [0.15, 0.2) is 0 Å². The fourth-order valence-electron chi connectivity index (χ4n) is 1.50. The van der Waals surface area contributed by atoms with Gasteiger partial charge in [-0.15, -0.1) is 0 Å². The lowest BCUT2D eigenvalue weighted by atomic mass is 10.0. The van der Waals surface area contributed by atoms with Crippen molar-refractivity contribution in [1.29, 1.82) is 0 Å². The topological polar surface area (TPSA) is 77.2 Å². The molecule has 0 aromatic carbocycles. The SMILES string of the molecule is CCOC(=O)c1c(N)nsc1NC(C)C(C)CC. The molecule has 0 fully saturated rings. The summed E-state index contributed by atoms with van der Waals surface area (Å²) in [5.74, 6) is 0.322. The van der Waals surface area contributed by atoms with Crippen molar-refractivity contribution in [2.45, 2.75) is 40.2 Å². The molecular formula is C12H21N3O2S. The summed E-state index contributed by atoms with van der Waals surface area (Å²) < 4.78 is 9.00. The lowest BCUT2D eigenvalue weighted by molar-refractivity contribution is 0.0529. The average molecular weight is 271 g/mol. The Kier molecular flexibility index (Phi) is 5.40. The fraction of sp³-hybridized carbons (Fsp3) is 0.667. The van der Waals surface area contributed by atoms with Crippen molar-refractivity contribution in [2.75, 3.05) is 17.7 Å². The number of carbonyl (C=O) groups excluding carboxylic acids is 1. The van der Waals surface area contributed by atoms with E-state index in [1.165, 1.54) is 11.5 Å². The van der Waals surface area contributed by atoms with E-state index in [4.69, 9.17) is 10.5 Å². The van der Waals surface area contributed by atoms with Gasteiger partial charge in [0, 0.05) is 6.04 Å². The van der Waals surface area contributed by atoms with Gasteiger partial charge in [-0.25, -0.2) is 4.79 Å². The molecule has 2 atom stereocenters. The molecule has 0 aliphatic carbocycles. The molecule has 0 spiro atoms. The van der Waals surface area contributed by atoms with Gasteiger partial charge in [0.15, 0.2) is 5.82 Å². The number of esters is 1. The predicted octanol–water partition coefficient (Wildman–Crippen LogP) is 2.75. The summed E-state index contributed by atoms with van der Waals surface area (Å²) in [6, 6.07) is 0.253. The van der Waals surface area contributed by atoms with E-state index in [1.54, 1.807) is 6.92 Å². The van der Waals surface area contributed by atoms with Crippen LogP contribution in [-0.2, 0) is 4.74 Å². The Bertz CT molecular complexity index is 406. The standard InChI is InChI=1S/C12H21N3O2S/c1-5-7(3)8(4)14-11-9(10(13)15-18-11)12(16)17-6-2/h7-8,14H,5-6H2,1-4H3,(H2,13,15). The number of aromatic nitrogens is 1. The lowest BCUT2D eigenvalue weighted by Gasteiger charge is -2.20. The monoisotopic (exact) mass is 271 g/mol. The van der Waals surface area contributed by atoms with Crippen molar-refractivity contribution in [3.63, 3.8) is 0 Å². The summed E-state index contributed by atoms with van der Waals surface area (Å²) in [6.45, 7) is 8.47. The van der Waals surface area contributed by atoms with E-state index in [2.05, 4.69) is 30.5 Å². The van der Waals surface area contributed by atoms with Gasteiger partial charge in [-0.05, 0) is 31.3 Å². The molecule has 1 heterocycles. The van der Waals surface area contributed by atoms with Gasteiger partial charge in [-0.3, -0.25) is 0 Å². The van der Waals surface area contributed by atoms with Crippen LogP contribution in [0.1, 0.15) is 44.5 Å². The first-order valence-corrected chi connectivity index (χ1v) is 6.97. The number of ether oxygens (including phenoxy) is 1. The zero-order valence-corrected chi connectivity index (χ0v) is 12.1. The Morgan fingerprint density at radius 3 is 2.72 bits per heavy atom. The molecular weight excluding hydrogens is 250 g/mol. The maximum absolute atomic E-state index is 11.8. The van der Waals surface area contributed by atoms with Gasteiger partial charge in [-0.1, -0.05) is 20.3 Å². The highest BCUT2D eigenvalue weighted by Crippen LogP contribution is 2.29. The van der Waals surface area contributed by atoms with Crippen molar-refractivity contribution in [1.82, 2.24) is 4.37 Å². The minimum atomic E-state index is -0.414. The second-order valence-corrected chi connectivity index (χ2v) is 5.08. The third kappa shape index (κ3) is 3.35. The minimum absolute atomic E-state index is 0.234. The highest BCUT2D eigenvalue weighted by Gasteiger charge is 2.22. The van der Waals surface area contributed by atoms with Crippen molar-refractivity contribution in [3.05, 3.63) is 5.56 Å². The quantitative estimate of drug-likeness (QED) is 0.778. The van der Waals surface area contributed by atoms with Gasteiger partial charge < -0.3 is 15.8 Å². The van der Waals surface area contributed by atoms with Crippen LogP contribution in [0.4, 0.5) is 10.8 Å².